The van der Waals surface area contributed by atoms with Crippen LogP contribution in [0.3, 0.4) is 0 Å². The molecule has 2 aliphatic heterocycles. The summed E-state index contributed by atoms with van der Waals surface area (Å²) in [5.41, 5.74) is -2.99. The van der Waals surface area contributed by atoms with Crippen LogP contribution in [0.2, 0.25) is 0 Å². The number of halogens is 4. The van der Waals surface area contributed by atoms with E-state index in [1.165, 1.54) is 26.0 Å². The molecule has 11 nitrogen and oxygen atoms in total. The minimum Gasteiger partial charge on any atom is -0.462 e. The van der Waals surface area contributed by atoms with E-state index in [0.29, 0.717) is 15.6 Å². The van der Waals surface area contributed by atoms with Crippen LogP contribution in [0.5, 0.6) is 0 Å². The van der Waals surface area contributed by atoms with E-state index in [-0.39, 0.29) is 18.4 Å². The Labute approximate surface area is 301 Å². The third-order valence-corrected chi connectivity index (χ3v) is 12.0. The van der Waals surface area contributed by atoms with Gasteiger partial charge in [0.2, 0.25) is 0 Å². The molecule has 2 heterocycles. The van der Waals surface area contributed by atoms with Gasteiger partial charge in [0, 0.05) is 36.1 Å². The minimum absolute atomic E-state index is 0.0830. The predicted octanol–water partition coefficient (Wildman–Crippen LogP) is 6.00. The Hall–Kier alpha value is -3.01. The number of hydrogen-bond donors (Lipinski definition) is 0. The minimum atomic E-state index is -5.38. The third kappa shape index (κ3) is 6.19. The smallest absolute Gasteiger partial charge is 0.462 e. The number of carbonyl (C=O) groups is 4. The fourth-order valence-corrected chi connectivity index (χ4v) is 9.93. The van der Waals surface area contributed by atoms with Gasteiger partial charge in [0.15, 0.2) is 11.4 Å². The van der Waals surface area contributed by atoms with Gasteiger partial charge in [-0.2, -0.15) is 13.2 Å². The van der Waals surface area contributed by atoms with Crippen LogP contribution in [0.1, 0.15) is 78.6 Å². The lowest BCUT2D eigenvalue weighted by molar-refractivity contribution is -0.359. The normalized spacial score (nSPS) is 37.6. The predicted molar refractivity (Wildman–Crippen MR) is 174 cm³/mol. The van der Waals surface area contributed by atoms with E-state index in [1.54, 1.807) is 32.9 Å². The van der Waals surface area contributed by atoms with Gasteiger partial charge < -0.3 is 33.2 Å². The summed E-state index contributed by atoms with van der Waals surface area (Å²) in [5, 5.41) is 0. The number of carbonyl (C=O) groups excluding carboxylic acids is 4. The Morgan fingerprint density at radius 1 is 0.941 bits per heavy atom. The molecule has 2 saturated heterocycles. The number of rotatable bonds is 5. The molecule has 0 amide bonds. The van der Waals surface area contributed by atoms with Crippen molar-refractivity contribution in [1.82, 2.24) is 0 Å². The van der Waals surface area contributed by atoms with Gasteiger partial charge in [0.05, 0.1) is 18.1 Å². The average molecular weight is 788 g/mol. The zero-order chi connectivity index (χ0) is 37.6. The maximum absolute atomic E-state index is 14.2. The van der Waals surface area contributed by atoms with Crippen LogP contribution < -0.4 is 0 Å². The Morgan fingerprint density at radius 3 is 2.18 bits per heavy atom. The Kier molecular flexibility index (Phi) is 9.29. The van der Waals surface area contributed by atoms with Crippen molar-refractivity contribution in [2.24, 2.45) is 22.7 Å². The summed E-state index contributed by atoms with van der Waals surface area (Å²) in [6.45, 7) is 12.7. The molecule has 1 aromatic rings. The van der Waals surface area contributed by atoms with Gasteiger partial charge in [-0.15, -0.1) is 0 Å². The fraction of sp³-hybridized carbons (Fsp3) is 0.667. The first-order valence-corrected chi connectivity index (χ1v) is 17.6. The van der Waals surface area contributed by atoms with Crippen molar-refractivity contribution < 1.29 is 65.5 Å². The molecule has 6 rings (SSSR count). The van der Waals surface area contributed by atoms with Crippen LogP contribution in [0.4, 0.5) is 13.2 Å². The van der Waals surface area contributed by atoms with Crippen molar-refractivity contribution in [3.63, 3.8) is 0 Å². The highest BCUT2D eigenvalue weighted by Gasteiger charge is 2.78. The maximum Gasteiger partial charge on any atom is 0.490 e. The molecule has 5 aliphatic rings. The topological polar surface area (TPSA) is 133 Å². The van der Waals surface area contributed by atoms with Crippen LogP contribution in [-0.2, 0) is 47.5 Å². The molecule has 0 radical (unpaired) electrons. The van der Waals surface area contributed by atoms with Gasteiger partial charge >= 0.3 is 30.1 Å². The Morgan fingerprint density at radius 2 is 1.61 bits per heavy atom. The molecular formula is C36H42BrF3O11. The standard InChI is InChI=1S/C36H42BrF3O11/c1-16-22(46-17(2)41)13-21-26(48-30(43)19-10-9-11-20(37)12-19)28-34(8,29-27(25(16)32(21,4)5)49-33(6,7)50-29)23(47-18(3)42)14-24-35(28,15-45-24)51-31(44)36(38,39)40/h9-12,21-24,26-29H,13-15H2,1-8H3/t21-,22-,23-,24+,26+,27+,28-,29-,34+,35-/m0/s1. The van der Waals surface area contributed by atoms with E-state index >= 15 is 0 Å². The SMILES string of the molecule is CC(=O)O[C@H]1C[C@H]2[C@@H](OC(=O)c3cccc(Br)c3)[C@@H]3[C@]4(OC(=O)C(F)(F)F)CO[C@@H]4C[C@H](OC(C)=O)[C@@]3(C)[C@H]3OC(C)(C)O[C@@H]3C(=C1C)C2(C)C. The number of hydrogen-bond acceptors (Lipinski definition) is 11. The van der Waals surface area contributed by atoms with Crippen LogP contribution in [-0.4, -0.2) is 84.7 Å². The van der Waals surface area contributed by atoms with E-state index < -0.39 is 107 Å². The lowest BCUT2D eigenvalue weighted by Gasteiger charge is -2.67. The largest absolute Gasteiger partial charge is 0.490 e. The molecule has 3 aliphatic carbocycles. The van der Waals surface area contributed by atoms with Gasteiger partial charge in [0.25, 0.3) is 0 Å². The number of benzene rings is 1. The maximum atomic E-state index is 14.2. The van der Waals surface area contributed by atoms with Crippen molar-refractivity contribution in [1.29, 1.82) is 0 Å². The molecule has 0 spiro atoms. The van der Waals surface area contributed by atoms with Crippen molar-refractivity contribution in [3.8, 4) is 0 Å². The second-order valence-corrected chi connectivity index (χ2v) is 16.4. The van der Waals surface area contributed by atoms with Crippen molar-refractivity contribution in [3.05, 3.63) is 45.4 Å². The van der Waals surface area contributed by atoms with E-state index in [0.717, 1.165) is 0 Å². The molecule has 2 bridgehead atoms. The molecule has 1 aromatic carbocycles. The first-order valence-electron chi connectivity index (χ1n) is 16.8. The van der Waals surface area contributed by atoms with Crippen LogP contribution in [0.25, 0.3) is 0 Å². The summed E-state index contributed by atoms with van der Waals surface area (Å²) in [6, 6.07) is 6.41. The van der Waals surface area contributed by atoms with E-state index in [2.05, 4.69) is 15.9 Å². The third-order valence-electron chi connectivity index (χ3n) is 11.5. The molecule has 0 aromatic heterocycles. The molecule has 10 atom stereocenters. The van der Waals surface area contributed by atoms with Gasteiger partial charge in [-0.3, -0.25) is 9.59 Å². The van der Waals surface area contributed by atoms with Gasteiger partial charge in [-0.1, -0.05) is 42.8 Å². The molecule has 51 heavy (non-hydrogen) atoms. The molecule has 4 fully saturated rings. The molecule has 0 N–H and O–H groups in total. The first kappa shape index (κ1) is 37.7. The molecular weight excluding hydrogens is 745 g/mol. The van der Waals surface area contributed by atoms with Gasteiger partial charge in [-0.05, 0) is 62.0 Å². The number of esters is 4. The van der Waals surface area contributed by atoms with Crippen LogP contribution in [0.15, 0.2) is 39.9 Å². The fourth-order valence-electron chi connectivity index (χ4n) is 9.53. The quantitative estimate of drug-likeness (QED) is 0.198. The molecule has 15 heteroatoms. The highest BCUT2D eigenvalue weighted by atomic mass is 79.9. The van der Waals surface area contributed by atoms with Crippen molar-refractivity contribution >= 4 is 39.8 Å². The lowest BCUT2D eigenvalue weighted by Crippen LogP contribution is -2.80. The number of ether oxygens (including phenoxy) is 7. The van der Waals surface area contributed by atoms with Gasteiger partial charge in [-0.25, -0.2) is 9.59 Å². The van der Waals surface area contributed by atoms with E-state index in [4.69, 9.17) is 33.2 Å². The van der Waals surface area contributed by atoms with Crippen molar-refractivity contribution in [2.45, 2.75) is 122 Å². The summed E-state index contributed by atoms with van der Waals surface area (Å²) >= 11 is 3.37. The summed E-state index contributed by atoms with van der Waals surface area (Å²) < 4.78 is 86.0. The summed E-state index contributed by atoms with van der Waals surface area (Å²) in [5.74, 6) is -7.89. The number of alkyl halides is 3. The number of fused-ring (bicyclic) bond motifs is 8. The Bertz CT molecular complexity index is 1670. The molecule has 280 valence electrons. The average Bonchev–Trinajstić information content (AvgIpc) is 3.31. The van der Waals surface area contributed by atoms with Crippen LogP contribution >= 0.6 is 15.9 Å². The molecule has 0 unspecified atom stereocenters. The highest BCUT2D eigenvalue weighted by molar-refractivity contribution is 9.10. The zero-order valence-electron chi connectivity index (χ0n) is 29.6. The van der Waals surface area contributed by atoms with Crippen molar-refractivity contribution in [2.75, 3.05) is 6.61 Å². The first-order chi connectivity index (χ1) is 23.5. The van der Waals surface area contributed by atoms with Crippen LogP contribution in [0, 0.1) is 22.7 Å². The summed E-state index contributed by atoms with van der Waals surface area (Å²) in [7, 11) is 0. The second kappa shape index (κ2) is 12.6. The Balaban J connectivity index is 1.67. The monoisotopic (exact) mass is 786 g/mol. The van der Waals surface area contributed by atoms with E-state index in [9.17, 15) is 32.3 Å². The van der Waals surface area contributed by atoms with Gasteiger partial charge in [0.1, 0.15) is 36.6 Å². The lowest BCUT2D eigenvalue weighted by atomic mass is 9.45. The summed E-state index contributed by atoms with van der Waals surface area (Å²) in [6.07, 6.45) is -11.9. The molecule has 2 saturated carbocycles. The second-order valence-electron chi connectivity index (χ2n) is 15.4. The van der Waals surface area contributed by atoms with E-state index in [1.807, 2.05) is 20.8 Å². The summed E-state index contributed by atoms with van der Waals surface area (Å²) in [4.78, 5) is 52.3. The zero-order valence-corrected chi connectivity index (χ0v) is 31.1. The highest BCUT2D eigenvalue weighted by Crippen LogP contribution is 2.67.